The van der Waals surface area contributed by atoms with Gasteiger partial charge in [0.05, 0.1) is 0 Å². The van der Waals surface area contributed by atoms with Gasteiger partial charge in [-0.1, -0.05) is 19.8 Å². The summed E-state index contributed by atoms with van der Waals surface area (Å²) in [4.78, 5) is 13.2. The van der Waals surface area contributed by atoms with E-state index in [-0.39, 0.29) is 12.6 Å². The van der Waals surface area contributed by atoms with Crippen molar-refractivity contribution in [3.05, 3.63) is 0 Å². The van der Waals surface area contributed by atoms with Crippen LogP contribution in [0.5, 0.6) is 0 Å². The van der Waals surface area contributed by atoms with E-state index in [2.05, 4.69) is 6.92 Å². The Bertz CT molecular complexity index is 195. The molecular weight excluding hydrogens is 206 g/mol. The fourth-order valence-corrected chi connectivity index (χ4v) is 1.86. The molecule has 1 atom stereocenters. The van der Waals surface area contributed by atoms with Gasteiger partial charge in [-0.2, -0.15) is 0 Å². The number of carbonyl (C=O) groups is 1. The number of aliphatic hydroxyl groups excluding tert-OH is 1. The lowest BCUT2D eigenvalue weighted by molar-refractivity contribution is -0.144. The summed E-state index contributed by atoms with van der Waals surface area (Å²) in [7, 11) is 0. The normalized spacial score (nSPS) is 13.4. The number of aliphatic hydroxyl groups is 1. The van der Waals surface area contributed by atoms with Crippen LogP contribution in [0.15, 0.2) is 0 Å². The molecule has 0 spiro atoms. The van der Waals surface area contributed by atoms with Crippen molar-refractivity contribution in [3.63, 3.8) is 0 Å². The average molecular weight is 231 g/mol. The van der Waals surface area contributed by atoms with Crippen LogP contribution in [0.1, 0.15) is 46.5 Å². The van der Waals surface area contributed by atoms with Gasteiger partial charge in [0, 0.05) is 19.2 Å². The van der Waals surface area contributed by atoms with Crippen LogP contribution in [0.4, 0.5) is 0 Å². The molecule has 0 saturated carbocycles. The smallest absolute Gasteiger partial charge is 0.320 e. The largest absolute Gasteiger partial charge is 0.480 e. The summed E-state index contributed by atoms with van der Waals surface area (Å²) < 4.78 is 0. The Labute approximate surface area is 98.3 Å². The summed E-state index contributed by atoms with van der Waals surface area (Å²) in [5.74, 6) is -0.750. The van der Waals surface area contributed by atoms with Crippen LogP contribution in [0.25, 0.3) is 0 Å². The highest BCUT2D eigenvalue weighted by atomic mass is 16.4. The van der Waals surface area contributed by atoms with E-state index < -0.39 is 12.0 Å². The van der Waals surface area contributed by atoms with Gasteiger partial charge in [0.15, 0.2) is 0 Å². The molecule has 0 heterocycles. The molecule has 1 unspecified atom stereocenters. The molecule has 0 aromatic heterocycles. The highest BCUT2D eigenvalue weighted by Crippen LogP contribution is 2.13. The van der Waals surface area contributed by atoms with Crippen molar-refractivity contribution in [2.24, 2.45) is 0 Å². The third-order valence-electron chi connectivity index (χ3n) is 2.75. The maximum atomic E-state index is 11.2. The van der Waals surface area contributed by atoms with E-state index >= 15 is 0 Å². The number of hydrogen-bond acceptors (Lipinski definition) is 3. The summed E-state index contributed by atoms with van der Waals surface area (Å²) in [5.41, 5.74) is 0. The molecule has 16 heavy (non-hydrogen) atoms. The van der Waals surface area contributed by atoms with E-state index in [4.69, 9.17) is 5.11 Å². The van der Waals surface area contributed by atoms with E-state index in [1.165, 1.54) is 0 Å². The number of aliphatic carboxylic acids is 1. The van der Waals surface area contributed by atoms with Crippen molar-refractivity contribution >= 4 is 5.97 Å². The Hall–Kier alpha value is -0.610. The average Bonchev–Trinajstić information content (AvgIpc) is 2.21. The number of nitrogens with zero attached hydrogens (tertiary/aromatic N) is 1. The van der Waals surface area contributed by atoms with Crippen LogP contribution in [0.3, 0.4) is 0 Å². The van der Waals surface area contributed by atoms with Crippen molar-refractivity contribution < 1.29 is 15.0 Å². The van der Waals surface area contributed by atoms with Crippen molar-refractivity contribution in [2.45, 2.75) is 58.5 Å². The van der Waals surface area contributed by atoms with Gasteiger partial charge in [-0.05, 0) is 26.7 Å². The lowest BCUT2D eigenvalue weighted by Gasteiger charge is -2.32. The molecule has 0 saturated heterocycles. The van der Waals surface area contributed by atoms with E-state index in [9.17, 15) is 9.90 Å². The van der Waals surface area contributed by atoms with Gasteiger partial charge in [-0.15, -0.1) is 0 Å². The number of carboxylic acids is 1. The van der Waals surface area contributed by atoms with Gasteiger partial charge < -0.3 is 10.2 Å². The quantitative estimate of drug-likeness (QED) is 0.634. The first kappa shape index (κ1) is 15.4. The standard InChI is InChI=1S/C12H25NO3/c1-4-5-7-11(12(15)16)13(10(2)3)8-6-9-14/h10-11,14H,4-9H2,1-3H3,(H,15,16). The molecule has 0 bridgehead atoms. The number of unbranched alkanes of at least 4 members (excludes halogenated alkanes) is 1. The van der Waals surface area contributed by atoms with Gasteiger partial charge in [0.2, 0.25) is 0 Å². The molecule has 0 rings (SSSR count). The molecule has 0 aliphatic heterocycles. The summed E-state index contributed by atoms with van der Waals surface area (Å²) in [6, 6.07) is -0.212. The first-order valence-electron chi connectivity index (χ1n) is 6.14. The Morgan fingerprint density at radius 3 is 2.31 bits per heavy atom. The minimum atomic E-state index is -0.750. The van der Waals surface area contributed by atoms with E-state index in [0.29, 0.717) is 19.4 Å². The van der Waals surface area contributed by atoms with Crippen LogP contribution in [-0.2, 0) is 4.79 Å². The molecular formula is C12H25NO3. The van der Waals surface area contributed by atoms with Crippen molar-refractivity contribution in [3.8, 4) is 0 Å². The Morgan fingerprint density at radius 1 is 1.31 bits per heavy atom. The van der Waals surface area contributed by atoms with E-state index in [0.717, 1.165) is 12.8 Å². The number of hydrogen-bond donors (Lipinski definition) is 2. The van der Waals surface area contributed by atoms with Crippen LogP contribution < -0.4 is 0 Å². The van der Waals surface area contributed by atoms with Crippen molar-refractivity contribution in [2.75, 3.05) is 13.2 Å². The van der Waals surface area contributed by atoms with Gasteiger partial charge in [0.25, 0.3) is 0 Å². The number of carboxylic acid groups (broad SMARTS) is 1. The molecule has 0 aliphatic carbocycles. The van der Waals surface area contributed by atoms with Gasteiger partial charge in [-0.3, -0.25) is 9.69 Å². The van der Waals surface area contributed by atoms with Crippen LogP contribution in [-0.4, -0.2) is 46.3 Å². The monoisotopic (exact) mass is 231 g/mol. The minimum absolute atomic E-state index is 0.114. The molecule has 96 valence electrons. The number of rotatable bonds is 9. The molecule has 0 radical (unpaired) electrons. The zero-order valence-electron chi connectivity index (χ0n) is 10.6. The second-order valence-electron chi connectivity index (χ2n) is 4.40. The molecule has 4 heteroatoms. The molecule has 2 N–H and O–H groups in total. The molecule has 0 aromatic carbocycles. The summed E-state index contributed by atoms with van der Waals surface area (Å²) in [6.45, 7) is 6.82. The van der Waals surface area contributed by atoms with Gasteiger partial charge in [-0.25, -0.2) is 0 Å². The highest BCUT2D eigenvalue weighted by molar-refractivity contribution is 5.73. The fraction of sp³-hybridized carbons (Fsp3) is 0.917. The van der Waals surface area contributed by atoms with Gasteiger partial charge >= 0.3 is 5.97 Å². The second kappa shape index (κ2) is 8.53. The third kappa shape index (κ3) is 5.47. The van der Waals surface area contributed by atoms with E-state index in [1.807, 2.05) is 18.7 Å². The molecule has 0 aliphatic rings. The summed E-state index contributed by atoms with van der Waals surface area (Å²) in [5, 5.41) is 18.0. The summed E-state index contributed by atoms with van der Waals surface area (Å²) >= 11 is 0. The fourth-order valence-electron chi connectivity index (χ4n) is 1.86. The van der Waals surface area contributed by atoms with Crippen LogP contribution in [0.2, 0.25) is 0 Å². The maximum absolute atomic E-state index is 11.2. The lowest BCUT2D eigenvalue weighted by Crippen LogP contribution is -2.46. The Morgan fingerprint density at radius 2 is 1.94 bits per heavy atom. The third-order valence-corrected chi connectivity index (χ3v) is 2.75. The highest BCUT2D eigenvalue weighted by Gasteiger charge is 2.26. The zero-order valence-corrected chi connectivity index (χ0v) is 10.6. The van der Waals surface area contributed by atoms with Gasteiger partial charge in [0.1, 0.15) is 6.04 Å². The molecule has 4 nitrogen and oxygen atoms in total. The molecule has 0 aromatic rings. The van der Waals surface area contributed by atoms with E-state index in [1.54, 1.807) is 0 Å². The predicted molar refractivity (Wildman–Crippen MR) is 64.5 cm³/mol. The SMILES string of the molecule is CCCCC(C(=O)O)N(CCCO)C(C)C. The lowest BCUT2D eigenvalue weighted by atomic mass is 10.1. The van der Waals surface area contributed by atoms with Crippen molar-refractivity contribution in [1.29, 1.82) is 0 Å². The topological polar surface area (TPSA) is 60.8 Å². The van der Waals surface area contributed by atoms with Crippen molar-refractivity contribution in [1.82, 2.24) is 4.90 Å². The Kier molecular flexibility index (Phi) is 8.21. The van der Waals surface area contributed by atoms with Crippen LogP contribution in [0, 0.1) is 0 Å². The minimum Gasteiger partial charge on any atom is -0.480 e. The Balaban J connectivity index is 4.46. The molecule has 0 fully saturated rings. The zero-order chi connectivity index (χ0) is 12.6. The summed E-state index contributed by atoms with van der Waals surface area (Å²) in [6.07, 6.45) is 3.26. The second-order valence-corrected chi connectivity index (χ2v) is 4.40. The maximum Gasteiger partial charge on any atom is 0.320 e. The predicted octanol–water partition coefficient (Wildman–Crippen LogP) is 1.72. The molecule has 0 amide bonds. The van der Waals surface area contributed by atoms with Crippen LogP contribution >= 0.6 is 0 Å². The first-order chi connectivity index (χ1) is 7.54. The first-order valence-corrected chi connectivity index (χ1v) is 6.14.